The van der Waals surface area contributed by atoms with Gasteiger partial charge in [0.1, 0.15) is 0 Å². The highest BCUT2D eigenvalue weighted by molar-refractivity contribution is 5.85. The number of piperidine rings is 1. The summed E-state index contributed by atoms with van der Waals surface area (Å²) in [6.45, 7) is 9.18. The van der Waals surface area contributed by atoms with Crippen molar-refractivity contribution in [2.24, 2.45) is 23.0 Å². The van der Waals surface area contributed by atoms with E-state index in [1.165, 1.54) is 5.56 Å². The Morgan fingerprint density at radius 3 is 2.36 bits per heavy atom. The lowest BCUT2D eigenvalue weighted by Crippen LogP contribution is -2.49. The number of benzene rings is 1. The van der Waals surface area contributed by atoms with E-state index < -0.39 is 5.41 Å². The first kappa shape index (κ1) is 22.7. The fraction of sp³-hybridized carbons (Fsp3) is 0.636. The number of nitrogens with zero attached hydrogens (tertiary/aromatic N) is 2. The predicted molar refractivity (Wildman–Crippen MR) is 114 cm³/mol. The molecule has 0 spiro atoms. The molecule has 2 N–H and O–H groups in total. The summed E-state index contributed by atoms with van der Waals surface area (Å²) in [6.07, 6.45) is 1.76. The second kappa shape index (κ2) is 9.27. The van der Waals surface area contributed by atoms with Crippen molar-refractivity contribution in [3.05, 3.63) is 35.9 Å². The smallest absolute Gasteiger partial charge is 0.227 e. The van der Waals surface area contributed by atoms with E-state index in [0.29, 0.717) is 24.9 Å². The summed E-state index contributed by atoms with van der Waals surface area (Å²) in [5, 5.41) is 0. The molecule has 2 saturated heterocycles. The molecule has 1 aromatic rings. The Bertz CT molecular complexity index is 674. The van der Waals surface area contributed by atoms with Gasteiger partial charge in [0.05, 0.1) is 5.92 Å². The normalized spacial score (nSPS) is 25.4. The number of rotatable bonds is 3. The van der Waals surface area contributed by atoms with Crippen LogP contribution in [-0.2, 0) is 9.59 Å². The minimum Gasteiger partial charge on any atom is -0.341 e. The lowest BCUT2D eigenvalue weighted by Gasteiger charge is -2.37. The van der Waals surface area contributed by atoms with Crippen molar-refractivity contribution in [2.45, 2.75) is 39.5 Å². The predicted octanol–water partition coefficient (Wildman–Crippen LogP) is 2.89. The molecule has 3 atom stereocenters. The van der Waals surface area contributed by atoms with E-state index in [2.05, 4.69) is 12.1 Å². The molecule has 0 aliphatic carbocycles. The van der Waals surface area contributed by atoms with Crippen LogP contribution in [0.5, 0.6) is 0 Å². The number of likely N-dealkylation sites (tertiary alicyclic amines) is 2. The van der Waals surface area contributed by atoms with Gasteiger partial charge in [-0.15, -0.1) is 12.4 Å². The van der Waals surface area contributed by atoms with Gasteiger partial charge in [0.2, 0.25) is 11.8 Å². The topological polar surface area (TPSA) is 66.6 Å². The van der Waals surface area contributed by atoms with E-state index in [9.17, 15) is 9.59 Å². The average molecular weight is 408 g/mol. The first-order valence-electron chi connectivity index (χ1n) is 10.1. The summed E-state index contributed by atoms with van der Waals surface area (Å²) in [4.78, 5) is 29.7. The highest BCUT2D eigenvalue weighted by Gasteiger charge is 2.40. The molecular weight excluding hydrogens is 374 g/mol. The quantitative estimate of drug-likeness (QED) is 0.837. The Kier molecular flexibility index (Phi) is 7.52. The minimum atomic E-state index is -0.401. The summed E-state index contributed by atoms with van der Waals surface area (Å²) in [6, 6.07) is 10.4. The summed E-state index contributed by atoms with van der Waals surface area (Å²) in [5.74, 6) is 0.850. The standard InChI is InChI=1S/C22H33N3O2.ClH/c1-22(2,3)21(27)24-11-7-10-17(13-24)20(26)25-14-18(12-23)19(15-25)16-8-5-4-6-9-16;/h4-6,8-9,17-19H,7,10-15,23H2,1-3H3;1H/t17?,18-,19+;/m1./s1. The van der Waals surface area contributed by atoms with E-state index in [0.717, 1.165) is 32.5 Å². The molecule has 2 aliphatic heterocycles. The zero-order chi connectivity index (χ0) is 19.6. The van der Waals surface area contributed by atoms with Crippen LogP contribution in [0.4, 0.5) is 0 Å². The summed E-state index contributed by atoms with van der Waals surface area (Å²) >= 11 is 0. The molecule has 6 heteroatoms. The van der Waals surface area contributed by atoms with Gasteiger partial charge < -0.3 is 15.5 Å². The molecule has 0 aromatic heterocycles. The third-order valence-corrected chi connectivity index (χ3v) is 5.98. The SMILES string of the molecule is CC(C)(C)C(=O)N1CCCC(C(=O)N2C[C@@H](CN)[C@H](c3ccccc3)C2)C1.Cl. The van der Waals surface area contributed by atoms with E-state index in [4.69, 9.17) is 5.73 Å². The highest BCUT2D eigenvalue weighted by Crippen LogP contribution is 2.34. The number of carbonyl (C=O) groups is 2. The van der Waals surface area contributed by atoms with Gasteiger partial charge in [-0.25, -0.2) is 0 Å². The number of nitrogens with two attached hydrogens (primary N) is 1. The van der Waals surface area contributed by atoms with Gasteiger partial charge in [0, 0.05) is 37.5 Å². The van der Waals surface area contributed by atoms with E-state index in [1.54, 1.807) is 0 Å². The molecule has 28 heavy (non-hydrogen) atoms. The molecule has 2 aliphatic rings. The Labute approximate surface area is 175 Å². The van der Waals surface area contributed by atoms with Crippen molar-refractivity contribution in [1.82, 2.24) is 9.80 Å². The van der Waals surface area contributed by atoms with Gasteiger partial charge in [-0.1, -0.05) is 51.1 Å². The molecule has 0 bridgehead atoms. The van der Waals surface area contributed by atoms with Crippen molar-refractivity contribution in [3.63, 3.8) is 0 Å². The van der Waals surface area contributed by atoms with E-state index in [-0.39, 0.29) is 30.1 Å². The number of halogens is 1. The zero-order valence-corrected chi connectivity index (χ0v) is 18.1. The molecule has 5 nitrogen and oxygen atoms in total. The molecule has 2 heterocycles. The summed E-state index contributed by atoms with van der Waals surface area (Å²) in [7, 11) is 0. The van der Waals surface area contributed by atoms with Crippen LogP contribution in [0.25, 0.3) is 0 Å². The second-order valence-electron chi connectivity index (χ2n) is 9.10. The van der Waals surface area contributed by atoms with Crippen LogP contribution in [0.2, 0.25) is 0 Å². The Balaban J connectivity index is 0.00000280. The molecule has 1 aromatic carbocycles. The fourth-order valence-corrected chi connectivity index (χ4v) is 4.46. The second-order valence-corrected chi connectivity index (χ2v) is 9.10. The van der Waals surface area contributed by atoms with Crippen molar-refractivity contribution in [2.75, 3.05) is 32.7 Å². The third kappa shape index (κ3) is 4.87. The fourth-order valence-electron chi connectivity index (χ4n) is 4.46. The van der Waals surface area contributed by atoms with Crippen LogP contribution < -0.4 is 5.73 Å². The van der Waals surface area contributed by atoms with Crippen LogP contribution in [0, 0.1) is 17.3 Å². The summed E-state index contributed by atoms with van der Waals surface area (Å²) < 4.78 is 0. The summed E-state index contributed by atoms with van der Waals surface area (Å²) in [5.41, 5.74) is 6.88. The van der Waals surface area contributed by atoms with Crippen LogP contribution in [0.1, 0.15) is 45.1 Å². The first-order chi connectivity index (χ1) is 12.8. The lowest BCUT2D eigenvalue weighted by atomic mass is 9.89. The number of amides is 2. The van der Waals surface area contributed by atoms with Crippen molar-refractivity contribution in [3.8, 4) is 0 Å². The molecule has 3 rings (SSSR count). The van der Waals surface area contributed by atoms with Crippen LogP contribution in [0.3, 0.4) is 0 Å². The van der Waals surface area contributed by atoms with Gasteiger partial charge in [-0.05, 0) is 30.9 Å². The molecule has 0 saturated carbocycles. The van der Waals surface area contributed by atoms with Gasteiger partial charge in [0.25, 0.3) is 0 Å². The largest absolute Gasteiger partial charge is 0.341 e. The molecule has 2 fully saturated rings. The van der Waals surface area contributed by atoms with Gasteiger partial charge in [0.15, 0.2) is 0 Å². The van der Waals surface area contributed by atoms with Crippen LogP contribution in [0.15, 0.2) is 30.3 Å². The van der Waals surface area contributed by atoms with Crippen molar-refractivity contribution in [1.29, 1.82) is 0 Å². The molecule has 1 unspecified atom stereocenters. The van der Waals surface area contributed by atoms with Crippen LogP contribution >= 0.6 is 12.4 Å². The number of hydrogen-bond acceptors (Lipinski definition) is 3. The maximum Gasteiger partial charge on any atom is 0.227 e. The maximum atomic E-state index is 13.2. The number of carbonyl (C=O) groups excluding carboxylic acids is 2. The first-order valence-corrected chi connectivity index (χ1v) is 10.1. The molecular formula is C22H34ClN3O2. The Morgan fingerprint density at radius 2 is 1.75 bits per heavy atom. The van der Waals surface area contributed by atoms with Gasteiger partial charge in [-0.2, -0.15) is 0 Å². The van der Waals surface area contributed by atoms with Crippen molar-refractivity contribution >= 4 is 24.2 Å². The molecule has 2 amide bonds. The van der Waals surface area contributed by atoms with Crippen LogP contribution in [-0.4, -0.2) is 54.3 Å². The highest BCUT2D eigenvalue weighted by atomic mass is 35.5. The van der Waals surface area contributed by atoms with Crippen molar-refractivity contribution < 1.29 is 9.59 Å². The maximum absolute atomic E-state index is 13.2. The van der Waals surface area contributed by atoms with E-state index in [1.807, 2.05) is 48.8 Å². The molecule has 156 valence electrons. The number of hydrogen-bond donors (Lipinski definition) is 1. The minimum absolute atomic E-state index is 0. The molecule has 0 radical (unpaired) electrons. The van der Waals surface area contributed by atoms with E-state index >= 15 is 0 Å². The Hall–Kier alpha value is -1.59. The van der Waals surface area contributed by atoms with Gasteiger partial charge >= 0.3 is 0 Å². The van der Waals surface area contributed by atoms with Gasteiger partial charge in [-0.3, -0.25) is 9.59 Å². The average Bonchev–Trinajstić information content (AvgIpc) is 3.11. The Morgan fingerprint density at radius 1 is 1.07 bits per heavy atom. The monoisotopic (exact) mass is 407 g/mol. The zero-order valence-electron chi connectivity index (χ0n) is 17.3. The third-order valence-electron chi connectivity index (χ3n) is 5.98. The lowest BCUT2D eigenvalue weighted by molar-refractivity contribution is -0.145.